The SMILES string of the molecule is Cc1ccc(OCCN2C(=O)S/C(=C\c3ccc(-c4cc([N+](=O)[O-])ccc4C)o3)C2=O)cc1. The van der Waals surface area contributed by atoms with Crippen LogP contribution in [0.25, 0.3) is 17.4 Å². The fourth-order valence-corrected chi connectivity index (χ4v) is 4.12. The molecule has 0 N–H and O–H groups in total. The van der Waals surface area contributed by atoms with Crippen molar-refractivity contribution in [2.24, 2.45) is 0 Å². The highest BCUT2D eigenvalue weighted by Gasteiger charge is 2.35. The number of nitro benzene ring substituents is 1. The van der Waals surface area contributed by atoms with Crippen LogP contribution >= 0.6 is 11.8 Å². The first kappa shape index (κ1) is 22.3. The Hall–Kier alpha value is -3.85. The summed E-state index contributed by atoms with van der Waals surface area (Å²) in [6.07, 6.45) is 1.50. The smallest absolute Gasteiger partial charge is 0.293 e. The van der Waals surface area contributed by atoms with Crippen LogP contribution in [0.5, 0.6) is 5.75 Å². The van der Waals surface area contributed by atoms with Crippen LogP contribution in [0.2, 0.25) is 0 Å². The molecule has 1 aromatic heterocycles. The van der Waals surface area contributed by atoms with Gasteiger partial charge < -0.3 is 9.15 Å². The van der Waals surface area contributed by atoms with E-state index < -0.39 is 10.8 Å². The Morgan fingerprint density at radius 2 is 1.85 bits per heavy atom. The van der Waals surface area contributed by atoms with Gasteiger partial charge in [-0.1, -0.05) is 23.8 Å². The van der Waals surface area contributed by atoms with Gasteiger partial charge in [-0.3, -0.25) is 24.6 Å². The van der Waals surface area contributed by atoms with E-state index in [1.54, 1.807) is 18.2 Å². The van der Waals surface area contributed by atoms with E-state index in [0.717, 1.165) is 27.8 Å². The summed E-state index contributed by atoms with van der Waals surface area (Å²) in [7, 11) is 0. The molecule has 0 spiro atoms. The number of non-ortho nitro benzene ring substituents is 1. The van der Waals surface area contributed by atoms with E-state index in [9.17, 15) is 19.7 Å². The van der Waals surface area contributed by atoms with Crippen molar-refractivity contribution >= 4 is 34.7 Å². The third-order valence-electron chi connectivity index (χ3n) is 5.08. The molecule has 1 saturated heterocycles. The molecular weight excluding hydrogens is 444 g/mol. The number of thioether (sulfide) groups is 1. The summed E-state index contributed by atoms with van der Waals surface area (Å²) in [5.74, 6) is 1.06. The molecule has 0 saturated carbocycles. The molecule has 9 heteroatoms. The first-order valence-corrected chi connectivity index (χ1v) is 10.9. The number of aryl methyl sites for hydroxylation is 2. The number of imide groups is 1. The normalized spacial score (nSPS) is 14.8. The first-order valence-electron chi connectivity index (χ1n) is 10.1. The zero-order valence-electron chi connectivity index (χ0n) is 17.9. The Morgan fingerprint density at radius 1 is 1.09 bits per heavy atom. The summed E-state index contributed by atoms with van der Waals surface area (Å²) in [4.78, 5) is 37.0. The van der Waals surface area contributed by atoms with Gasteiger partial charge in [-0.15, -0.1) is 0 Å². The Balaban J connectivity index is 1.45. The number of carbonyl (C=O) groups excluding carboxylic acids is 2. The number of rotatable bonds is 7. The highest BCUT2D eigenvalue weighted by molar-refractivity contribution is 8.18. The largest absolute Gasteiger partial charge is 0.492 e. The Kier molecular flexibility index (Phi) is 6.32. The van der Waals surface area contributed by atoms with Crippen molar-refractivity contribution in [3.05, 3.63) is 86.5 Å². The second-order valence-corrected chi connectivity index (χ2v) is 8.45. The van der Waals surface area contributed by atoms with Gasteiger partial charge in [-0.2, -0.15) is 0 Å². The van der Waals surface area contributed by atoms with E-state index in [-0.39, 0.29) is 29.0 Å². The Bertz CT molecular complexity index is 1260. The first-order chi connectivity index (χ1) is 15.8. The number of carbonyl (C=O) groups is 2. The minimum absolute atomic E-state index is 0.0393. The minimum Gasteiger partial charge on any atom is -0.492 e. The van der Waals surface area contributed by atoms with Crippen molar-refractivity contribution in [1.29, 1.82) is 0 Å². The van der Waals surface area contributed by atoms with E-state index in [2.05, 4.69) is 0 Å². The number of furan rings is 1. The molecule has 0 atom stereocenters. The minimum atomic E-state index is -0.467. The molecule has 168 valence electrons. The van der Waals surface area contributed by atoms with Gasteiger partial charge in [0, 0.05) is 23.8 Å². The molecule has 0 bridgehead atoms. The lowest BCUT2D eigenvalue weighted by molar-refractivity contribution is -0.384. The molecule has 1 aliphatic heterocycles. The molecule has 2 amide bonds. The van der Waals surface area contributed by atoms with Crippen molar-refractivity contribution in [2.45, 2.75) is 13.8 Å². The zero-order chi connectivity index (χ0) is 23.5. The van der Waals surface area contributed by atoms with Gasteiger partial charge >= 0.3 is 0 Å². The molecule has 2 heterocycles. The van der Waals surface area contributed by atoms with E-state index in [1.165, 1.54) is 18.2 Å². The van der Waals surface area contributed by atoms with Gasteiger partial charge in [0.2, 0.25) is 0 Å². The molecule has 1 fully saturated rings. The predicted octanol–water partition coefficient (Wildman–Crippen LogP) is 5.59. The molecule has 33 heavy (non-hydrogen) atoms. The van der Waals surface area contributed by atoms with E-state index in [4.69, 9.17) is 9.15 Å². The molecule has 3 aromatic rings. The highest BCUT2D eigenvalue weighted by atomic mass is 32.2. The summed E-state index contributed by atoms with van der Waals surface area (Å²) < 4.78 is 11.4. The lowest BCUT2D eigenvalue weighted by Crippen LogP contribution is -2.32. The number of nitro groups is 1. The van der Waals surface area contributed by atoms with E-state index in [0.29, 0.717) is 22.8 Å². The average Bonchev–Trinajstić information content (AvgIpc) is 3.35. The van der Waals surface area contributed by atoms with Gasteiger partial charge in [0.1, 0.15) is 23.9 Å². The van der Waals surface area contributed by atoms with Crippen LogP contribution < -0.4 is 4.74 Å². The Morgan fingerprint density at radius 3 is 2.58 bits per heavy atom. The van der Waals surface area contributed by atoms with Crippen LogP contribution in [0.15, 0.2) is 63.9 Å². The van der Waals surface area contributed by atoms with Crippen molar-refractivity contribution < 1.29 is 23.7 Å². The van der Waals surface area contributed by atoms with Gasteiger partial charge in [0.25, 0.3) is 16.8 Å². The number of nitrogens with zero attached hydrogens (tertiary/aromatic N) is 2. The highest BCUT2D eigenvalue weighted by Crippen LogP contribution is 2.34. The van der Waals surface area contributed by atoms with Crippen LogP contribution in [0.1, 0.15) is 16.9 Å². The number of hydrogen-bond donors (Lipinski definition) is 0. The average molecular weight is 464 g/mol. The van der Waals surface area contributed by atoms with Crippen molar-refractivity contribution in [1.82, 2.24) is 4.90 Å². The number of hydrogen-bond acceptors (Lipinski definition) is 7. The van der Waals surface area contributed by atoms with Crippen LogP contribution in [-0.4, -0.2) is 34.1 Å². The third-order valence-corrected chi connectivity index (χ3v) is 5.98. The van der Waals surface area contributed by atoms with Gasteiger partial charge in [0.05, 0.1) is 16.4 Å². The maximum Gasteiger partial charge on any atom is 0.293 e. The number of ether oxygens (including phenoxy) is 1. The molecule has 1 aliphatic rings. The zero-order valence-corrected chi connectivity index (χ0v) is 18.8. The number of amides is 2. The number of benzene rings is 2. The van der Waals surface area contributed by atoms with Crippen molar-refractivity contribution in [3.63, 3.8) is 0 Å². The van der Waals surface area contributed by atoms with Crippen LogP contribution in [0.3, 0.4) is 0 Å². The molecule has 2 aromatic carbocycles. The van der Waals surface area contributed by atoms with Gasteiger partial charge in [-0.25, -0.2) is 0 Å². The summed E-state index contributed by atoms with van der Waals surface area (Å²) in [5.41, 5.74) is 2.48. The lowest BCUT2D eigenvalue weighted by Gasteiger charge is -2.13. The maximum absolute atomic E-state index is 12.7. The topological polar surface area (TPSA) is 103 Å². The molecule has 0 unspecified atom stereocenters. The summed E-state index contributed by atoms with van der Waals surface area (Å²) in [6, 6.07) is 15.4. The second-order valence-electron chi connectivity index (χ2n) is 7.45. The van der Waals surface area contributed by atoms with Crippen LogP contribution in [-0.2, 0) is 4.79 Å². The quantitative estimate of drug-likeness (QED) is 0.255. The van der Waals surface area contributed by atoms with Crippen LogP contribution in [0.4, 0.5) is 10.5 Å². The van der Waals surface area contributed by atoms with Gasteiger partial charge in [-0.05, 0) is 55.4 Å². The molecule has 4 rings (SSSR count). The van der Waals surface area contributed by atoms with Crippen LogP contribution in [0, 0.1) is 24.0 Å². The fraction of sp³-hybridized carbons (Fsp3) is 0.167. The molecular formula is C24H20N2O6S. The summed E-state index contributed by atoms with van der Waals surface area (Å²) in [5, 5.41) is 10.7. The standard InChI is InChI=1S/C24H20N2O6S/c1-15-3-7-18(8-4-15)31-12-11-25-23(27)22(33-24(25)28)14-19-9-10-21(32-19)20-13-17(26(29)30)6-5-16(20)2/h3-10,13-14H,11-12H2,1-2H3/b22-14-. The lowest BCUT2D eigenvalue weighted by atomic mass is 10.1. The van der Waals surface area contributed by atoms with Crippen molar-refractivity contribution in [2.75, 3.05) is 13.2 Å². The predicted molar refractivity (Wildman–Crippen MR) is 125 cm³/mol. The molecule has 0 radical (unpaired) electrons. The maximum atomic E-state index is 12.7. The monoisotopic (exact) mass is 464 g/mol. The van der Waals surface area contributed by atoms with E-state index >= 15 is 0 Å². The second kappa shape index (κ2) is 9.33. The van der Waals surface area contributed by atoms with Gasteiger partial charge in [0.15, 0.2) is 0 Å². The molecule has 0 aliphatic carbocycles. The third kappa shape index (κ3) is 4.98. The summed E-state index contributed by atoms with van der Waals surface area (Å²) in [6.45, 7) is 4.12. The Labute approximate surface area is 194 Å². The summed E-state index contributed by atoms with van der Waals surface area (Å²) >= 11 is 0.833. The van der Waals surface area contributed by atoms with Crippen molar-refractivity contribution in [3.8, 4) is 17.1 Å². The molecule has 8 nitrogen and oxygen atoms in total. The fourth-order valence-electron chi connectivity index (χ4n) is 3.28. The van der Waals surface area contributed by atoms with E-state index in [1.807, 2.05) is 38.1 Å².